The van der Waals surface area contributed by atoms with Gasteiger partial charge in [0.05, 0.1) is 4.88 Å². The predicted molar refractivity (Wildman–Crippen MR) is 91.1 cm³/mol. The fourth-order valence-electron chi connectivity index (χ4n) is 2.10. The second-order valence-electron chi connectivity index (χ2n) is 4.97. The smallest absolute Gasteiger partial charge is 0.307 e. The Balaban J connectivity index is 1.48. The zero-order chi connectivity index (χ0) is 16.8. The van der Waals surface area contributed by atoms with Crippen LogP contribution in [0.5, 0.6) is 17.5 Å². The molecule has 0 aliphatic rings. The normalized spacial score (nSPS) is 10.5. The van der Waals surface area contributed by atoms with Crippen molar-refractivity contribution in [1.29, 1.82) is 0 Å². The SMILES string of the molecule is O=c1[nH]c(O)c(Cc2ccc(OCCOc3ccccn3)cc2)s1. The molecule has 0 atom stereocenters. The maximum Gasteiger partial charge on any atom is 0.307 e. The van der Waals surface area contributed by atoms with Crippen molar-refractivity contribution in [3.8, 4) is 17.5 Å². The van der Waals surface area contributed by atoms with Gasteiger partial charge in [-0.15, -0.1) is 0 Å². The van der Waals surface area contributed by atoms with Crippen molar-refractivity contribution in [2.24, 2.45) is 0 Å². The molecule has 2 heterocycles. The second-order valence-corrected chi connectivity index (χ2v) is 6.04. The minimum absolute atomic E-state index is 0.0583. The lowest BCUT2D eigenvalue weighted by Crippen LogP contribution is -2.09. The molecule has 3 rings (SSSR count). The van der Waals surface area contributed by atoms with Crippen molar-refractivity contribution in [3.63, 3.8) is 0 Å². The van der Waals surface area contributed by atoms with Crippen LogP contribution in [0.2, 0.25) is 0 Å². The summed E-state index contributed by atoms with van der Waals surface area (Å²) in [4.78, 5) is 18.0. The molecular formula is C17H16N2O4S. The summed E-state index contributed by atoms with van der Waals surface area (Å²) in [7, 11) is 0. The van der Waals surface area contributed by atoms with Gasteiger partial charge in [0, 0.05) is 18.7 Å². The quantitative estimate of drug-likeness (QED) is 0.644. The molecule has 0 amide bonds. The van der Waals surface area contributed by atoms with Crippen LogP contribution in [0, 0.1) is 0 Å². The zero-order valence-electron chi connectivity index (χ0n) is 12.8. The Kier molecular flexibility index (Phi) is 5.12. The van der Waals surface area contributed by atoms with E-state index in [0.717, 1.165) is 22.6 Å². The summed E-state index contributed by atoms with van der Waals surface area (Å²) in [6.45, 7) is 0.820. The standard InChI is InChI=1S/C17H16N2O4S/c20-16-14(24-17(21)19-16)11-12-4-6-13(7-5-12)22-9-10-23-15-3-1-2-8-18-15/h1-8,20H,9-11H2,(H,19,21). The van der Waals surface area contributed by atoms with E-state index in [4.69, 9.17) is 9.47 Å². The van der Waals surface area contributed by atoms with Gasteiger partial charge in [-0.2, -0.15) is 0 Å². The number of aromatic hydroxyl groups is 1. The van der Waals surface area contributed by atoms with Gasteiger partial charge in [-0.1, -0.05) is 29.5 Å². The molecule has 0 bridgehead atoms. The van der Waals surface area contributed by atoms with E-state index in [0.29, 0.717) is 30.4 Å². The number of rotatable bonds is 7. The van der Waals surface area contributed by atoms with Crippen LogP contribution < -0.4 is 14.3 Å². The molecule has 2 aromatic heterocycles. The van der Waals surface area contributed by atoms with Gasteiger partial charge in [-0.05, 0) is 23.8 Å². The number of nitrogens with one attached hydrogen (secondary N) is 1. The molecule has 3 aromatic rings. The van der Waals surface area contributed by atoms with Crippen molar-refractivity contribution in [1.82, 2.24) is 9.97 Å². The molecular weight excluding hydrogens is 328 g/mol. The van der Waals surface area contributed by atoms with Crippen molar-refractivity contribution in [2.45, 2.75) is 6.42 Å². The highest BCUT2D eigenvalue weighted by Gasteiger charge is 2.07. The highest BCUT2D eigenvalue weighted by molar-refractivity contribution is 7.09. The first-order valence-corrected chi connectivity index (χ1v) is 8.19. The van der Waals surface area contributed by atoms with E-state index in [-0.39, 0.29) is 10.8 Å². The number of nitrogens with zero attached hydrogens (tertiary/aromatic N) is 1. The Morgan fingerprint density at radius 1 is 1.08 bits per heavy atom. The summed E-state index contributed by atoms with van der Waals surface area (Å²) < 4.78 is 11.1. The van der Waals surface area contributed by atoms with Crippen molar-refractivity contribution >= 4 is 11.3 Å². The third-order valence-electron chi connectivity index (χ3n) is 3.23. The number of hydrogen-bond acceptors (Lipinski definition) is 6. The summed E-state index contributed by atoms with van der Waals surface area (Å²) in [6, 6.07) is 13.0. The average Bonchev–Trinajstić information content (AvgIpc) is 2.91. The first-order chi connectivity index (χ1) is 11.7. The van der Waals surface area contributed by atoms with Gasteiger partial charge in [-0.25, -0.2) is 4.98 Å². The van der Waals surface area contributed by atoms with Crippen LogP contribution in [0.4, 0.5) is 0 Å². The van der Waals surface area contributed by atoms with Crippen LogP contribution in [-0.4, -0.2) is 28.3 Å². The highest BCUT2D eigenvalue weighted by Crippen LogP contribution is 2.21. The predicted octanol–water partition coefficient (Wildman–Crippen LogP) is 2.59. The lowest BCUT2D eigenvalue weighted by molar-refractivity contribution is 0.212. The fourth-order valence-corrected chi connectivity index (χ4v) is 2.86. The van der Waals surface area contributed by atoms with E-state index in [2.05, 4.69) is 9.97 Å². The number of pyridine rings is 1. The van der Waals surface area contributed by atoms with E-state index in [1.165, 1.54) is 0 Å². The molecule has 1 aromatic carbocycles. The van der Waals surface area contributed by atoms with Crippen LogP contribution in [-0.2, 0) is 6.42 Å². The Morgan fingerprint density at radius 3 is 2.54 bits per heavy atom. The summed E-state index contributed by atoms with van der Waals surface area (Å²) in [6.07, 6.45) is 2.17. The van der Waals surface area contributed by atoms with Crippen LogP contribution in [0.25, 0.3) is 0 Å². The van der Waals surface area contributed by atoms with Crippen LogP contribution in [0.3, 0.4) is 0 Å². The number of aromatic amines is 1. The molecule has 0 aliphatic heterocycles. The third kappa shape index (κ3) is 4.36. The molecule has 24 heavy (non-hydrogen) atoms. The van der Waals surface area contributed by atoms with Gasteiger partial charge in [0.15, 0.2) is 0 Å². The molecule has 0 spiro atoms. The number of aromatic nitrogens is 2. The molecule has 0 saturated heterocycles. The fraction of sp³-hybridized carbons (Fsp3) is 0.176. The van der Waals surface area contributed by atoms with Gasteiger partial charge in [-0.3, -0.25) is 9.78 Å². The molecule has 2 N–H and O–H groups in total. The van der Waals surface area contributed by atoms with Gasteiger partial charge < -0.3 is 14.6 Å². The van der Waals surface area contributed by atoms with E-state index >= 15 is 0 Å². The minimum Gasteiger partial charge on any atom is -0.494 e. The molecule has 0 fully saturated rings. The van der Waals surface area contributed by atoms with Crippen LogP contribution in [0.15, 0.2) is 53.5 Å². The van der Waals surface area contributed by atoms with Gasteiger partial charge in [0.25, 0.3) is 0 Å². The number of hydrogen-bond donors (Lipinski definition) is 2. The number of thiazole rings is 1. The Bertz CT molecular complexity index is 828. The third-order valence-corrected chi connectivity index (χ3v) is 4.10. The van der Waals surface area contributed by atoms with Crippen LogP contribution in [0.1, 0.15) is 10.4 Å². The monoisotopic (exact) mass is 344 g/mol. The summed E-state index contributed by atoms with van der Waals surface area (Å²) in [5.41, 5.74) is 0.984. The van der Waals surface area contributed by atoms with E-state index < -0.39 is 0 Å². The lowest BCUT2D eigenvalue weighted by atomic mass is 10.1. The van der Waals surface area contributed by atoms with Crippen molar-refractivity contribution < 1.29 is 14.6 Å². The molecule has 0 aliphatic carbocycles. The molecule has 7 heteroatoms. The Morgan fingerprint density at radius 2 is 1.88 bits per heavy atom. The summed E-state index contributed by atoms with van der Waals surface area (Å²) in [5.74, 6) is 1.24. The molecule has 0 saturated carbocycles. The van der Waals surface area contributed by atoms with E-state index in [1.54, 1.807) is 12.3 Å². The Labute approximate surface area is 142 Å². The maximum absolute atomic E-state index is 11.2. The molecule has 6 nitrogen and oxygen atoms in total. The topological polar surface area (TPSA) is 84.4 Å². The van der Waals surface area contributed by atoms with E-state index in [9.17, 15) is 9.90 Å². The van der Waals surface area contributed by atoms with Crippen molar-refractivity contribution in [3.05, 3.63) is 68.8 Å². The number of benzene rings is 1. The summed E-state index contributed by atoms with van der Waals surface area (Å²) >= 11 is 1.01. The molecule has 124 valence electrons. The number of H-pyrrole nitrogens is 1. The maximum atomic E-state index is 11.2. The second kappa shape index (κ2) is 7.65. The molecule has 0 radical (unpaired) electrons. The lowest BCUT2D eigenvalue weighted by Gasteiger charge is -2.08. The van der Waals surface area contributed by atoms with E-state index in [1.807, 2.05) is 36.4 Å². The van der Waals surface area contributed by atoms with Gasteiger partial charge in [0.1, 0.15) is 19.0 Å². The minimum atomic E-state index is -0.254. The largest absolute Gasteiger partial charge is 0.494 e. The Hall–Kier alpha value is -2.80. The zero-order valence-corrected chi connectivity index (χ0v) is 13.6. The average molecular weight is 344 g/mol. The van der Waals surface area contributed by atoms with Gasteiger partial charge in [0.2, 0.25) is 11.8 Å². The highest BCUT2D eigenvalue weighted by atomic mass is 32.1. The summed E-state index contributed by atoms with van der Waals surface area (Å²) in [5, 5.41) is 9.60. The first kappa shape index (κ1) is 16.1. The van der Waals surface area contributed by atoms with Gasteiger partial charge >= 0.3 is 4.87 Å². The number of ether oxygens (including phenoxy) is 2. The van der Waals surface area contributed by atoms with Crippen molar-refractivity contribution in [2.75, 3.05) is 13.2 Å². The first-order valence-electron chi connectivity index (χ1n) is 7.37. The van der Waals surface area contributed by atoms with Crippen LogP contribution >= 0.6 is 11.3 Å². The molecule has 0 unspecified atom stereocenters.